The molecular formula is C22H28N4O3S. The third-order valence-electron chi connectivity index (χ3n) is 6.93. The SMILES string of the molecule is CC(c1ccc2c(c1)OCC2)N1CCC2CN(Cc3ccncn3)S(=O)(=O)C2CC1. The smallest absolute Gasteiger partial charge is 0.217 e. The Morgan fingerprint density at radius 1 is 1.23 bits per heavy atom. The van der Waals surface area contributed by atoms with Gasteiger partial charge in [-0.1, -0.05) is 12.1 Å². The van der Waals surface area contributed by atoms with Crippen LogP contribution in [0.15, 0.2) is 36.8 Å². The fourth-order valence-electron chi connectivity index (χ4n) is 5.10. The number of ether oxygens (including phenoxy) is 1. The van der Waals surface area contributed by atoms with Crippen LogP contribution in [-0.4, -0.2) is 59.1 Å². The molecule has 0 N–H and O–H groups in total. The summed E-state index contributed by atoms with van der Waals surface area (Å²) < 4.78 is 33.8. The van der Waals surface area contributed by atoms with Crippen molar-refractivity contribution >= 4 is 10.0 Å². The Balaban J connectivity index is 1.28. The predicted octanol–water partition coefficient (Wildman–Crippen LogP) is 2.40. The lowest BCUT2D eigenvalue weighted by molar-refractivity contribution is 0.213. The van der Waals surface area contributed by atoms with E-state index >= 15 is 0 Å². The van der Waals surface area contributed by atoms with Crippen molar-refractivity contribution in [3.05, 3.63) is 53.6 Å². The molecular weight excluding hydrogens is 400 g/mol. The van der Waals surface area contributed by atoms with Crippen molar-refractivity contribution in [1.82, 2.24) is 19.2 Å². The summed E-state index contributed by atoms with van der Waals surface area (Å²) in [7, 11) is -3.31. The van der Waals surface area contributed by atoms with Gasteiger partial charge in [0.25, 0.3) is 0 Å². The Kier molecular flexibility index (Phi) is 5.24. The molecule has 160 valence electrons. The van der Waals surface area contributed by atoms with Crippen molar-refractivity contribution in [2.45, 2.75) is 44.0 Å². The Labute approximate surface area is 178 Å². The van der Waals surface area contributed by atoms with E-state index in [1.54, 1.807) is 16.6 Å². The van der Waals surface area contributed by atoms with E-state index in [-0.39, 0.29) is 17.2 Å². The first kappa shape index (κ1) is 19.9. The van der Waals surface area contributed by atoms with E-state index in [9.17, 15) is 8.42 Å². The number of sulfonamides is 1. The summed E-state index contributed by atoms with van der Waals surface area (Å²) >= 11 is 0. The molecule has 3 atom stereocenters. The quantitative estimate of drug-likeness (QED) is 0.744. The molecule has 30 heavy (non-hydrogen) atoms. The van der Waals surface area contributed by atoms with Crippen LogP contribution in [0.3, 0.4) is 0 Å². The molecule has 0 bridgehead atoms. The van der Waals surface area contributed by atoms with E-state index in [2.05, 4.69) is 40.0 Å². The first-order valence-corrected chi connectivity index (χ1v) is 12.3. The van der Waals surface area contributed by atoms with Gasteiger partial charge in [0.2, 0.25) is 10.0 Å². The number of benzene rings is 1. The number of rotatable bonds is 4. The van der Waals surface area contributed by atoms with Gasteiger partial charge in [0.05, 0.1) is 24.1 Å². The maximum Gasteiger partial charge on any atom is 0.217 e. The maximum atomic E-state index is 13.2. The third-order valence-corrected chi connectivity index (χ3v) is 9.31. The number of aromatic nitrogens is 2. The number of hydrogen-bond donors (Lipinski definition) is 0. The molecule has 0 aliphatic carbocycles. The second kappa shape index (κ2) is 7.90. The summed E-state index contributed by atoms with van der Waals surface area (Å²) in [5.41, 5.74) is 3.28. The summed E-state index contributed by atoms with van der Waals surface area (Å²) in [5, 5.41) is -0.292. The van der Waals surface area contributed by atoms with Gasteiger partial charge in [-0.2, -0.15) is 4.31 Å². The van der Waals surface area contributed by atoms with Crippen LogP contribution >= 0.6 is 0 Å². The lowest BCUT2D eigenvalue weighted by Gasteiger charge is -2.29. The van der Waals surface area contributed by atoms with E-state index in [0.29, 0.717) is 19.5 Å². The van der Waals surface area contributed by atoms with Crippen LogP contribution in [-0.2, 0) is 23.0 Å². The van der Waals surface area contributed by atoms with Gasteiger partial charge in [-0.15, -0.1) is 0 Å². The molecule has 1 aromatic heterocycles. The van der Waals surface area contributed by atoms with Gasteiger partial charge in [0.15, 0.2) is 0 Å². The van der Waals surface area contributed by atoms with Crippen molar-refractivity contribution in [2.24, 2.45) is 5.92 Å². The molecule has 8 heteroatoms. The molecule has 4 heterocycles. The zero-order valence-corrected chi connectivity index (χ0v) is 18.1. The van der Waals surface area contributed by atoms with E-state index < -0.39 is 10.0 Å². The van der Waals surface area contributed by atoms with Gasteiger partial charge in [-0.3, -0.25) is 4.90 Å². The van der Waals surface area contributed by atoms with Crippen LogP contribution < -0.4 is 4.74 Å². The normalized spacial score (nSPS) is 27.1. The Morgan fingerprint density at radius 3 is 2.93 bits per heavy atom. The summed E-state index contributed by atoms with van der Waals surface area (Å²) in [6.07, 6.45) is 5.70. The molecule has 3 aliphatic heterocycles. The van der Waals surface area contributed by atoms with Crippen LogP contribution in [0.4, 0.5) is 0 Å². The molecule has 0 radical (unpaired) electrons. The standard InChI is InChI=1S/C22H28N4O3S/c1-16(18-3-2-17-7-11-29-21(17)12-18)25-9-5-19-13-26(14-20-4-8-23-15-24-20)30(27,28)22(19)6-10-25/h2-4,8,12,15-16,19,22H,5-7,9-11,13-14H2,1H3. The molecule has 5 rings (SSSR count). The van der Waals surface area contributed by atoms with Gasteiger partial charge >= 0.3 is 0 Å². The summed E-state index contributed by atoms with van der Waals surface area (Å²) in [4.78, 5) is 10.5. The third kappa shape index (κ3) is 3.61. The monoisotopic (exact) mass is 428 g/mol. The summed E-state index contributed by atoms with van der Waals surface area (Å²) in [6.45, 7) is 5.62. The topological polar surface area (TPSA) is 75.6 Å². The zero-order chi connectivity index (χ0) is 20.7. The van der Waals surface area contributed by atoms with Crippen molar-refractivity contribution in [3.63, 3.8) is 0 Å². The van der Waals surface area contributed by atoms with Gasteiger partial charge in [-0.25, -0.2) is 18.4 Å². The lowest BCUT2D eigenvalue weighted by atomic mass is 10.0. The molecule has 0 spiro atoms. The number of likely N-dealkylation sites (tertiary alicyclic amines) is 1. The molecule has 2 aromatic rings. The fraction of sp³-hybridized carbons (Fsp3) is 0.545. The van der Waals surface area contributed by atoms with Gasteiger partial charge < -0.3 is 4.74 Å². The highest BCUT2D eigenvalue weighted by Crippen LogP contribution is 2.37. The molecule has 3 aliphatic rings. The fourth-order valence-corrected chi connectivity index (χ4v) is 7.31. The molecule has 7 nitrogen and oxygen atoms in total. The number of nitrogens with zero attached hydrogens (tertiary/aromatic N) is 4. The first-order chi connectivity index (χ1) is 14.5. The average Bonchev–Trinajstić information content (AvgIpc) is 3.22. The minimum atomic E-state index is -3.31. The molecule has 0 saturated carbocycles. The van der Waals surface area contributed by atoms with E-state index in [1.807, 2.05) is 0 Å². The number of fused-ring (bicyclic) bond motifs is 2. The van der Waals surface area contributed by atoms with E-state index in [1.165, 1.54) is 17.5 Å². The molecule has 0 amide bonds. The van der Waals surface area contributed by atoms with Crippen molar-refractivity contribution < 1.29 is 13.2 Å². The highest BCUT2D eigenvalue weighted by Gasteiger charge is 2.47. The van der Waals surface area contributed by atoms with Crippen molar-refractivity contribution in [1.29, 1.82) is 0 Å². The summed E-state index contributed by atoms with van der Waals surface area (Å²) in [5.74, 6) is 1.19. The number of hydrogen-bond acceptors (Lipinski definition) is 6. The molecule has 1 aromatic carbocycles. The minimum Gasteiger partial charge on any atom is -0.493 e. The predicted molar refractivity (Wildman–Crippen MR) is 114 cm³/mol. The molecule has 2 fully saturated rings. The van der Waals surface area contributed by atoms with E-state index in [4.69, 9.17) is 4.74 Å². The molecule has 2 saturated heterocycles. The minimum absolute atomic E-state index is 0.178. The second-order valence-corrected chi connectivity index (χ2v) is 10.7. The van der Waals surface area contributed by atoms with E-state index in [0.717, 1.165) is 44.0 Å². The van der Waals surface area contributed by atoms with Crippen LogP contribution in [0.5, 0.6) is 5.75 Å². The first-order valence-electron chi connectivity index (χ1n) is 10.8. The van der Waals surface area contributed by atoms with Gasteiger partial charge in [0.1, 0.15) is 12.1 Å². The Morgan fingerprint density at radius 2 is 2.10 bits per heavy atom. The zero-order valence-electron chi connectivity index (χ0n) is 17.3. The highest BCUT2D eigenvalue weighted by atomic mass is 32.2. The van der Waals surface area contributed by atoms with Crippen LogP contribution in [0.25, 0.3) is 0 Å². The Bertz CT molecular complexity index is 1010. The summed E-state index contributed by atoms with van der Waals surface area (Å²) in [6, 6.07) is 8.57. The average molecular weight is 429 g/mol. The second-order valence-electron chi connectivity index (χ2n) is 8.59. The Hall–Kier alpha value is -2.03. The van der Waals surface area contributed by atoms with Gasteiger partial charge in [-0.05, 0) is 55.5 Å². The highest BCUT2D eigenvalue weighted by molar-refractivity contribution is 7.90. The lowest BCUT2D eigenvalue weighted by Crippen LogP contribution is -2.33. The molecule has 3 unspecified atom stereocenters. The van der Waals surface area contributed by atoms with Crippen molar-refractivity contribution in [3.8, 4) is 5.75 Å². The van der Waals surface area contributed by atoms with Gasteiger partial charge in [0, 0.05) is 31.7 Å². The van der Waals surface area contributed by atoms with Crippen LogP contribution in [0, 0.1) is 5.92 Å². The largest absolute Gasteiger partial charge is 0.493 e. The van der Waals surface area contributed by atoms with Crippen LogP contribution in [0.2, 0.25) is 0 Å². The van der Waals surface area contributed by atoms with Crippen LogP contribution in [0.1, 0.15) is 42.6 Å². The maximum absolute atomic E-state index is 13.2. The van der Waals surface area contributed by atoms with Crippen molar-refractivity contribution in [2.75, 3.05) is 26.2 Å².